The van der Waals surface area contributed by atoms with Crippen molar-refractivity contribution in [3.8, 4) is 11.1 Å². The number of benzene rings is 1. The van der Waals surface area contributed by atoms with E-state index in [2.05, 4.69) is 46.0 Å². The zero-order chi connectivity index (χ0) is 30.8. The van der Waals surface area contributed by atoms with E-state index in [1.165, 1.54) is 6.08 Å². The summed E-state index contributed by atoms with van der Waals surface area (Å²) in [7, 11) is 2.12. The topological polar surface area (TPSA) is 110 Å². The Morgan fingerprint density at radius 3 is 2.40 bits per heavy atom. The summed E-state index contributed by atoms with van der Waals surface area (Å²) in [5, 5.41) is 5.75. The zero-order valence-electron chi connectivity index (χ0n) is 25.8. The van der Waals surface area contributed by atoms with E-state index < -0.39 is 0 Å². The van der Waals surface area contributed by atoms with Gasteiger partial charge < -0.3 is 25.4 Å². The Morgan fingerprint density at radius 2 is 1.79 bits per heavy atom. The highest BCUT2D eigenvalue weighted by Crippen LogP contribution is 2.30. The molecule has 1 fully saturated rings. The van der Waals surface area contributed by atoms with Crippen molar-refractivity contribution in [1.82, 2.24) is 20.2 Å². The molecule has 1 aromatic carbocycles. The Labute approximate surface area is 249 Å². The number of nitrogens with zero attached hydrogens (tertiary/aromatic N) is 3. The van der Waals surface area contributed by atoms with Gasteiger partial charge in [0.2, 0.25) is 5.91 Å². The van der Waals surface area contributed by atoms with Crippen molar-refractivity contribution in [1.29, 1.82) is 0 Å². The number of aromatic nitrogens is 2. The van der Waals surface area contributed by atoms with E-state index in [1.807, 2.05) is 45.0 Å². The molecule has 9 nitrogen and oxygen atoms in total. The molecule has 3 N–H and O–H groups in total. The number of nitrogens with one attached hydrogen (secondary N) is 3. The Bertz CT molecular complexity index is 1450. The van der Waals surface area contributed by atoms with Crippen LogP contribution >= 0.6 is 0 Å². The molecule has 1 saturated heterocycles. The van der Waals surface area contributed by atoms with Crippen molar-refractivity contribution in [2.45, 2.75) is 54.0 Å². The van der Waals surface area contributed by atoms with Gasteiger partial charge in [0.05, 0.1) is 0 Å². The number of hydrogen-bond donors (Lipinski definition) is 3. The van der Waals surface area contributed by atoms with Crippen LogP contribution in [0.5, 0.6) is 0 Å². The third kappa shape index (κ3) is 7.94. The van der Waals surface area contributed by atoms with Crippen LogP contribution in [0.2, 0.25) is 0 Å². The van der Waals surface area contributed by atoms with Gasteiger partial charge in [0, 0.05) is 67.0 Å². The molecule has 224 valence electrons. The van der Waals surface area contributed by atoms with E-state index in [0.717, 1.165) is 67.2 Å². The molecule has 0 spiro atoms. The number of likely N-dealkylation sites (N-methyl/N-ethyl adjacent to an activating group) is 1. The fraction of sp³-hybridized carbons (Fsp3) is 0.394. The van der Waals surface area contributed by atoms with E-state index in [0.29, 0.717) is 22.4 Å². The van der Waals surface area contributed by atoms with Gasteiger partial charge in [0.15, 0.2) is 0 Å². The van der Waals surface area contributed by atoms with Crippen LogP contribution in [0.3, 0.4) is 0 Å². The predicted octanol–water partition coefficient (Wildman–Crippen LogP) is 4.84. The van der Waals surface area contributed by atoms with Crippen LogP contribution in [0.4, 0.5) is 11.5 Å². The second-order valence-electron chi connectivity index (χ2n) is 10.3. The number of aryl methyl sites for hydroxylation is 2. The van der Waals surface area contributed by atoms with Crippen LogP contribution in [-0.2, 0) is 17.8 Å². The quantitative estimate of drug-likeness (QED) is 0.317. The van der Waals surface area contributed by atoms with Crippen LogP contribution < -0.4 is 21.1 Å². The highest BCUT2D eigenvalue weighted by atomic mass is 16.2. The first-order chi connectivity index (χ1) is 20.2. The van der Waals surface area contributed by atoms with E-state index in [9.17, 15) is 14.4 Å². The summed E-state index contributed by atoms with van der Waals surface area (Å²) >= 11 is 0. The van der Waals surface area contributed by atoms with Gasteiger partial charge in [-0.1, -0.05) is 33.8 Å². The van der Waals surface area contributed by atoms with Crippen LogP contribution in [0.25, 0.3) is 11.1 Å². The molecule has 4 rings (SSSR count). The van der Waals surface area contributed by atoms with Crippen molar-refractivity contribution in [2.75, 3.05) is 43.4 Å². The van der Waals surface area contributed by atoms with E-state index in [1.54, 1.807) is 19.2 Å². The van der Waals surface area contributed by atoms with Crippen LogP contribution in [0, 0.1) is 13.8 Å². The largest absolute Gasteiger partial charge is 0.354 e. The van der Waals surface area contributed by atoms with Gasteiger partial charge in [0.1, 0.15) is 5.82 Å². The molecule has 2 amide bonds. The molecule has 0 saturated carbocycles. The van der Waals surface area contributed by atoms with Gasteiger partial charge in [-0.15, -0.1) is 0 Å². The number of rotatable bonds is 9. The van der Waals surface area contributed by atoms with Crippen molar-refractivity contribution in [2.24, 2.45) is 0 Å². The minimum Gasteiger partial charge on any atom is -0.354 e. The summed E-state index contributed by atoms with van der Waals surface area (Å²) in [5.74, 6) is 0.205. The molecule has 3 aromatic rings. The lowest BCUT2D eigenvalue weighted by Gasteiger charge is -2.33. The van der Waals surface area contributed by atoms with E-state index in [-0.39, 0.29) is 23.9 Å². The van der Waals surface area contributed by atoms with Gasteiger partial charge in [-0.25, -0.2) is 4.98 Å². The summed E-state index contributed by atoms with van der Waals surface area (Å²) in [6.45, 7) is 17.1. The molecule has 0 atom stereocenters. The lowest BCUT2D eigenvalue weighted by molar-refractivity contribution is -0.111. The Balaban J connectivity index is 0.00000237. The smallest absolute Gasteiger partial charge is 0.253 e. The maximum absolute atomic E-state index is 13.5. The second-order valence-corrected chi connectivity index (χ2v) is 10.3. The van der Waals surface area contributed by atoms with Gasteiger partial charge in [-0.3, -0.25) is 14.4 Å². The third-order valence-corrected chi connectivity index (χ3v) is 7.31. The molecule has 0 aliphatic carbocycles. The van der Waals surface area contributed by atoms with Crippen LogP contribution in [0.15, 0.2) is 54.0 Å². The number of pyridine rings is 2. The fourth-order valence-corrected chi connectivity index (χ4v) is 4.94. The highest BCUT2D eigenvalue weighted by molar-refractivity contribution is 6.03. The number of hydrogen-bond acceptors (Lipinski definition) is 6. The average molecular weight is 573 g/mol. The van der Waals surface area contributed by atoms with Crippen molar-refractivity contribution < 1.29 is 9.59 Å². The van der Waals surface area contributed by atoms with E-state index >= 15 is 0 Å². The summed E-state index contributed by atoms with van der Waals surface area (Å²) in [4.78, 5) is 50.4. The number of aromatic amines is 1. The molecule has 1 aliphatic heterocycles. The van der Waals surface area contributed by atoms with Crippen molar-refractivity contribution in [3.63, 3.8) is 0 Å². The monoisotopic (exact) mass is 572 g/mol. The zero-order valence-corrected chi connectivity index (χ0v) is 25.8. The Hall–Kier alpha value is -4.24. The SMILES string of the molecule is C=CC(=O)Nc1cc(-c2ccc(N3CCN(C)CC3)nc2)cc(C(=O)NCc2c(CCC)cc(C)[nH]c2=O)c1C.CC. The first-order valence-corrected chi connectivity index (χ1v) is 14.7. The van der Waals surface area contributed by atoms with Crippen LogP contribution in [-0.4, -0.2) is 59.9 Å². The first kappa shape index (κ1) is 32.3. The van der Waals surface area contributed by atoms with Gasteiger partial charge >= 0.3 is 0 Å². The number of piperazine rings is 1. The molecule has 0 bridgehead atoms. The molecule has 0 unspecified atom stereocenters. The molecule has 3 heterocycles. The summed E-state index contributed by atoms with van der Waals surface area (Å²) in [6, 6.07) is 9.56. The maximum Gasteiger partial charge on any atom is 0.253 e. The Kier molecular flexibility index (Phi) is 11.6. The molecule has 42 heavy (non-hydrogen) atoms. The average Bonchev–Trinajstić information content (AvgIpc) is 2.99. The van der Waals surface area contributed by atoms with Crippen LogP contribution in [0.1, 0.15) is 59.9 Å². The fourth-order valence-electron chi connectivity index (χ4n) is 4.94. The molecule has 0 radical (unpaired) electrons. The van der Waals surface area contributed by atoms with Gasteiger partial charge in [-0.05, 0) is 80.4 Å². The summed E-state index contributed by atoms with van der Waals surface area (Å²) in [5.41, 5.74) is 5.18. The molecular weight excluding hydrogens is 528 g/mol. The molecule has 9 heteroatoms. The number of carbonyl (C=O) groups excluding carboxylic acids is 2. The highest BCUT2D eigenvalue weighted by Gasteiger charge is 2.19. The number of anilines is 2. The number of amides is 2. The maximum atomic E-state index is 13.5. The lowest BCUT2D eigenvalue weighted by atomic mass is 9.97. The van der Waals surface area contributed by atoms with Gasteiger partial charge in [0.25, 0.3) is 11.5 Å². The predicted molar refractivity (Wildman–Crippen MR) is 171 cm³/mol. The number of carbonyl (C=O) groups is 2. The standard InChI is InChI=1S/C31H38N6O3.C2H6/c1-6-8-22-15-20(3)34-31(40)26(22)19-33-30(39)25-16-24(17-27(21(25)4)35-29(38)7-2)23-9-10-28(32-18-23)37-13-11-36(5)12-14-37;1-2/h7,9-10,15-18H,2,6,8,11-14,19H2,1,3-5H3,(H,33,39)(H,34,40)(H,35,38);1-2H3. The third-order valence-electron chi connectivity index (χ3n) is 7.31. The normalized spacial score (nSPS) is 13.1. The second kappa shape index (κ2) is 15.1. The molecular formula is C33H44N6O3. The van der Waals surface area contributed by atoms with Crippen molar-refractivity contribution >= 4 is 23.3 Å². The van der Waals surface area contributed by atoms with Gasteiger partial charge in [-0.2, -0.15) is 0 Å². The summed E-state index contributed by atoms with van der Waals surface area (Å²) in [6.07, 6.45) is 4.62. The summed E-state index contributed by atoms with van der Waals surface area (Å²) < 4.78 is 0. The number of H-pyrrole nitrogens is 1. The Morgan fingerprint density at radius 1 is 1.07 bits per heavy atom. The minimum atomic E-state index is -0.370. The molecule has 2 aromatic heterocycles. The van der Waals surface area contributed by atoms with Crippen molar-refractivity contribution in [3.05, 3.63) is 87.5 Å². The van der Waals surface area contributed by atoms with E-state index in [4.69, 9.17) is 4.98 Å². The molecule has 1 aliphatic rings. The first-order valence-electron chi connectivity index (χ1n) is 14.7. The lowest BCUT2D eigenvalue weighted by Crippen LogP contribution is -2.44. The minimum absolute atomic E-state index is 0.100.